The van der Waals surface area contributed by atoms with Gasteiger partial charge in [0.15, 0.2) is 0 Å². The van der Waals surface area contributed by atoms with E-state index in [9.17, 15) is 24.0 Å². The number of fused-ring (bicyclic) bond motifs is 5. The maximum Gasteiger partial charge on any atom is 0.407 e. The highest BCUT2D eigenvalue weighted by Crippen LogP contribution is 2.39. The van der Waals surface area contributed by atoms with Crippen LogP contribution in [0.25, 0.3) is 11.1 Å². The molecule has 5 N–H and O–H groups in total. The van der Waals surface area contributed by atoms with Crippen molar-refractivity contribution < 1.29 is 47.7 Å². The summed E-state index contributed by atoms with van der Waals surface area (Å²) in [6.07, 6.45) is -1.12. The minimum Gasteiger partial charge on any atom is -0.491 e. The van der Waals surface area contributed by atoms with E-state index in [2.05, 4.69) is 26.6 Å². The van der Waals surface area contributed by atoms with E-state index in [0.29, 0.717) is 33.8 Å². The van der Waals surface area contributed by atoms with Crippen molar-refractivity contribution in [2.24, 2.45) is 0 Å². The van der Waals surface area contributed by atoms with Gasteiger partial charge in [0, 0.05) is 17.5 Å². The molecule has 1 aliphatic rings. The van der Waals surface area contributed by atoms with Gasteiger partial charge in [-0.1, -0.05) is 26.0 Å². The standard InChI is InChI=1S/C36H51N5O10.C2H6/c1-21-30(42)41-26(32(44)47-9)19-22-10-12-27(48-16-14-38-33(45)50-35(2,3)4)24(18-22)25-20-23(29(37-8)31(43)40-21)11-13-28(25)49-17-15-39-34(46)51-36(5,6)7;1-2/h10-13,18,20-21,26,29,37H,14-17,19H2,1-9H3,(H,38,45)(H,39,46)(H,40,43)(H,41,42);1-2H3/t21-,26?,29?;/m0./s1. The molecule has 1 heterocycles. The van der Waals surface area contributed by atoms with Crippen LogP contribution < -0.4 is 36.1 Å². The molecule has 0 aromatic heterocycles. The molecule has 3 atom stereocenters. The lowest BCUT2D eigenvalue weighted by molar-refractivity contribution is -0.145. The first-order valence-electron chi connectivity index (χ1n) is 17.7. The zero-order valence-corrected chi connectivity index (χ0v) is 32.8. The van der Waals surface area contributed by atoms with E-state index >= 15 is 0 Å². The summed E-state index contributed by atoms with van der Waals surface area (Å²) >= 11 is 0. The van der Waals surface area contributed by atoms with Crippen LogP contribution in [-0.2, 0) is 35.0 Å². The second kappa shape index (κ2) is 20.3. The number of amides is 4. The normalized spacial score (nSPS) is 17.3. The predicted molar refractivity (Wildman–Crippen MR) is 200 cm³/mol. The highest BCUT2D eigenvalue weighted by Gasteiger charge is 2.29. The van der Waals surface area contributed by atoms with Gasteiger partial charge in [0.05, 0.1) is 20.2 Å². The first-order chi connectivity index (χ1) is 24.9. The van der Waals surface area contributed by atoms with Gasteiger partial charge in [0.25, 0.3) is 0 Å². The van der Waals surface area contributed by atoms with Crippen molar-refractivity contribution in [1.82, 2.24) is 26.6 Å². The third-order valence-electron chi connectivity index (χ3n) is 7.27. The molecule has 294 valence electrons. The number of methoxy groups -OCH3 is 1. The highest BCUT2D eigenvalue weighted by molar-refractivity contribution is 5.93. The molecule has 1 aliphatic heterocycles. The summed E-state index contributed by atoms with van der Waals surface area (Å²) < 4.78 is 27.9. The Morgan fingerprint density at radius 1 is 0.774 bits per heavy atom. The summed E-state index contributed by atoms with van der Waals surface area (Å²) in [5.74, 6) is -0.893. The fraction of sp³-hybridized carbons (Fsp3) is 0.553. The van der Waals surface area contributed by atoms with Gasteiger partial charge in [0.1, 0.15) is 54.0 Å². The Morgan fingerprint density at radius 2 is 1.28 bits per heavy atom. The zero-order chi connectivity index (χ0) is 39.9. The summed E-state index contributed by atoms with van der Waals surface area (Å²) in [6.45, 7) is 16.5. The number of hydrogen-bond donors (Lipinski definition) is 5. The third-order valence-corrected chi connectivity index (χ3v) is 7.27. The Labute approximate surface area is 312 Å². The molecule has 15 heteroatoms. The Hall–Kier alpha value is -5.05. The van der Waals surface area contributed by atoms with Gasteiger partial charge in [-0.05, 0) is 90.9 Å². The SMILES string of the molecule is CC.CNC1C(=O)N[C@@H](C)C(=O)NC(C(=O)OC)Cc2ccc(OCCNC(=O)OC(C)(C)C)c(c2)-c2cc1ccc2OCCNC(=O)OC(C)(C)C. The van der Waals surface area contributed by atoms with Gasteiger partial charge in [-0.15, -0.1) is 0 Å². The molecule has 2 aromatic rings. The van der Waals surface area contributed by atoms with Crippen molar-refractivity contribution in [1.29, 1.82) is 0 Å². The molecule has 4 bridgehead atoms. The van der Waals surface area contributed by atoms with E-state index < -0.39 is 59.3 Å². The number of ether oxygens (including phenoxy) is 5. The van der Waals surface area contributed by atoms with Crippen molar-refractivity contribution in [2.75, 3.05) is 40.5 Å². The summed E-state index contributed by atoms with van der Waals surface area (Å²) in [5, 5.41) is 13.7. The van der Waals surface area contributed by atoms with Gasteiger partial charge < -0.3 is 50.3 Å². The lowest BCUT2D eigenvalue weighted by atomic mass is 9.94. The van der Waals surface area contributed by atoms with Gasteiger partial charge in [-0.2, -0.15) is 0 Å². The number of carbonyl (C=O) groups excluding carboxylic acids is 5. The molecule has 3 rings (SSSR count). The number of nitrogens with one attached hydrogen (secondary N) is 5. The minimum atomic E-state index is -1.07. The van der Waals surface area contributed by atoms with Gasteiger partial charge in [-0.3, -0.25) is 9.59 Å². The average molecular weight is 744 g/mol. The third kappa shape index (κ3) is 14.5. The first kappa shape index (κ1) is 44.1. The number of likely N-dealkylation sites (N-methyl/N-ethyl adjacent to an activating group) is 1. The van der Waals surface area contributed by atoms with Crippen LogP contribution in [0.4, 0.5) is 9.59 Å². The van der Waals surface area contributed by atoms with Crippen LogP contribution in [0.2, 0.25) is 0 Å². The summed E-state index contributed by atoms with van der Waals surface area (Å²) in [6, 6.07) is 7.55. The maximum absolute atomic E-state index is 13.5. The molecule has 0 saturated heterocycles. The topological polar surface area (TPSA) is 192 Å². The Kier molecular flexibility index (Phi) is 16.9. The Balaban J connectivity index is 0.00000477. The van der Waals surface area contributed by atoms with Crippen LogP contribution in [0, 0.1) is 0 Å². The molecule has 2 unspecified atom stereocenters. The van der Waals surface area contributed by atoms with E-state index in [1.165, 1.54) is 14.0 Å². The molecular weight excluding hydrogens is 686 g/mol. The van der Waals surface area contributed by atoms with Crippen LogP contribution in [0.15, 0.2) is 36.4 Å². The number of carbonyl (C=O) groups is 5. The van der Waals surface area contributed by atoms with E-state index in [1.54, 1.807) is 85.0 Å². The monoisotopic (exact) mass is 743 g/mol. The molecule has 4 amide bonds. The summed E-state index contributed by atoms with van der Waals surface area (Å²) in [7, 11) is 2.84. The number of benzene rings is 2. The van der Waals surface area contributed by atoms with Crippen molar-refractivity contribution in [3.8, 4) is 22.6 Å². The lowest BCUT2D eigenvalue weighted by Crippen LogP contribution is -2.52. The molecule has 0 fully saturated rings. The molecule has 2 aromatic carbocycles. The second-order valence-corrected chi connectivity index (χ2v) is 13.9. The first-order valence-corrected chi connectivity index (χ1v) is 17.7. The van der Waals surface area contributed by atoms with Crippen LogP contribution in [-0.4, -0.2) is 93.7 Å². The van der Waals surface area contributed by atoms with E-state index in [0.717, 1.165) is 0 Å². The quantitative estimate of drug-likeness (QED) is 0.133. The fourth-order valence-electron chi connectivity index (χ4n) is 5.04. The van der Waals surface area contributed by atoms with E-state index in [1.807, 2.05) is 13.8 Å². The van der Waals surface area contributed by atoms with Crippen LogP contribution in [0.5, 0.6) is 11.5 Å². The Bertz CT molecular complexity index is 1570. The molecule has 53 heavy (non-hydrogen) atoms. The van der Waals surface area contributed by atoms with Crippen LogP contribution in [0.1, 0.15) is 79.5 Å². The second-order valence-electron chi connectivity index (χ2n) is 13.9. The van der Waals surface area contributed by atoms with E-state index in [-0.39, 0.29) is 32.7 Å². The molecular formula is C38H57N5O10. The summed E-state index contributed by atoms with van der Waals surface area (Å²) in [4.78, 5) is 63.8. The molecule has 0 saturated carbocycles. The molecule has 0 radical (unpaired) electrons. The van der Waals surface area contributed by atoms with Crippen molar-refractivity contribution in [2.45, 2.75) is 98.1 Å². The lowest BCUT2D eigenvalue weighted by Gasteiger charge is -2.25. The summed E-state index contributed by atoms with van der Waals surface area (Å²) in [5.41, 5.74) is 0.962. The predicted octanol–water partition coefficient (Wildman–Crippen LogP) is 4.17. The Morgan fingerprint density at radius 3 is 1.77 bits per heavy atom. The van der Waals surface area contributed by atoms with Crippen LogP contribution >= 0.6 is 0 Å². The fourth-order valence-corrected chi connectivity index (χ4v) is 5.04. The zero-order valence-electron chi connectivity index (χ0n) is 32.8. The van der Waals surface area contributed by atoms with E-state index in [4.69, 9.17) is 23.7 Å². The van der Waals surface area contributed by atoms with Crippen LogP contribution in [0.3, 0.4) is 0 Å². The highest BCUT2D eigenvalue weighted by atomic mass is 16.6. The van der Waals surface area contributed by atoms with Gasteiger partial charge >= 0.3 is 18.2 Å². The maximum atomic E-state index is 13.5. The van der Waals surface area contributed by atoms with Gasteiger partial charge in [-0.25, -0.2) is 14.4 Å². The largest absolute Gasteiger partial charge is 0.491 e. The van der Waals surface area contributed by atoms with Crippen molar-refractivity contribution in [3.63, 3.8) is 0 Å². The number of rotatable bonds is 10. The molecule has 15 nitrogen and oxygen atoms in total. The van der Waals surface area contributed by atoms with Crippen molar-refractivity contribution >= 4 is 30.0 Å². The number of esters is 1. The van der Waals surface area contributed by atoms with Crippen molar-refractivity contribution in [3.05, 3.63) is 47.5 Å². The minimum absolute atomic E-state index is 0.0569. The smallest absolute Gasteiger partial charge is 0.407 e. The molecule has 0 aliphatic carbocycles. The number of hydrogen-bond acceptors (Lipinski definition) is 11. The average Bonchev–Trinajstić information content (AvgIpc) is 3.07. The van der Waals surface area contributed by atoms with Gasteiger partial charge in [0.2, 0.25) is 11.8 Å². The molecule has 0 spiro atoms. The number of alkyl carbamates (subject to hydrolysis) is 2.